The fourth-order valence-electron chi connectivity index (χ4n) is 2.18. The van der Waals surface area contributed by atoms with Crippen LogP contribution in [0.25, 0.3) is 0 Å². The van der Waals surface area contributed by atoms with Crippen LogP contribution in [0.1, 0.15) is 12.0 Å². The van der Waals surface area contributed by atoms with Crippen molar-refractivity contribution in [3.05, 3.63) is 28.2 Å². The summed E-state index contributed by atoms with van der Waals surface area (Å²) in [6, 6.07) is 5.89. The normalized spacial score (nSPS) is 19.2. The van der Waals surface area contributed by atoms with Crippen LogP contribution in [0.15, 0.2) is 22.7 Å². The zero-order valence-electron chi connectivity index (χ0n) is 9.37. The van der Waals surface area contributed by atoms with Gasteiger partial charge in [0, 0.05) is 17.2 Å². The van der Waals surface area contributed by atoms with Gasteiger partial charge >= 0.3 is 5.97 Å². The van der Waals surface area contributed by atoms with E-state index in [0.717, 1.165) is 23.0 Å². The maximum absolute atomic E-state index is 11.6. The standard InChI is InChI=1S/C12H14BrNO2/c1-14-10-5-3-4-9(13)8(10)6-7-11(14)12(15)16-2/h3-5,11H,6-7H2,1-2H3. The van der Waals surface area contributed by atoms with Crippen molar-refractivity contribution in [2.45, 2.75) is 18.9 Å². The van der Waals surface area contributed by atoms with E-state index in [1.165, 1.54) is 12.7 Å². The van der Waals surface area contributed by atoms with E-state index in [9.17, 15) is 4.79 Å². The van der Waals surface area contributed by atoms with Gasteiger partial charge in [-0.2, -0.15) is 0 Å². The van der Waals surface area contributed by atoms with Crippen LogP contribution < -0.4 is 4.90 Å². The summed E-state index contributed by atoms with van der Waals surface area (Å²) in [7, 11) is 3.37. The lowest BCUT2D eigenvalue weighted by Crippen LogP contribution is -2.42. The molecule has 1 heterocycles. The highest BCUT2D eigenvalue weighted by Crippen LogP contribution is 2.34. The number of anilines is 1. The van der Waals surface area contributed by atoms with Gasteiger partial charge < -0.3 is 9.64 Å². The molecule has 0 spiro atoms. The first-order chi connectivity index (χ1) is 7.65. The third kappa shape index (κ3) is 1.82. The number of benzene rings is 1. The largest absolute Gasteiger partial charge is 0.467 e. The Labute approximate surface area is 104 Å². The van der Waals surface area contributed by atoms with Crippen molar-refractivity contribution in [1.82, 2.24) is 0 Å². The van der Waals surface area contributed by atoms with Crippen LogP contribution in [0.5, 0.6) is 0 Å². The second-order valence-corrected chi connectivity index (χ2v) is 4.78. The SMILES string of the molecule is COC(=O)C1CCc2c(Br)cccc2N1C. The first-order valence-corrected chi connectivity index (χ1v) is 6.02. The Balaban J connectivity index is 2.36. The van der Waals surface area contributed by atoms with Gasteiger partial charge in [-0.15, -0.1) is 0 Å². The number of esters is 1. The molecule has 1 aromatic rings. The van der Waals surface area contributed by atoms with Crippen LogP contribution >= 0.6 is 15.9 Å². The van der Waals surface area contributed by atoms with E-state index in [1.54, 1.807) is 0 Å². The fourth-order valence-corrected chi connectivity index (χ4v) is 2.73. The minimum atomic E-state index is -0.160. The van der Waals surface area contributed by atoms with Gasteiger partial charge in [-0.25, -0.2) is 4.79 Å². The maximum Gasteiger partial charge on any atom is 0.328 e. The highest BCUT2D eigenvalue weighted by atomic mass is 79.9. The summed E-state index contributed by atoms with van der Waals surface area (Å²) in [6.45, 7) is 0. The number of nitrogens with zero attached hydrogens (tertiary/aromatic N) is 1. The lowest BCUT2D eigenvalue weighted by molar-refractivity contribution is -0.142. The quantitative estimate of drug-likeness (QED) is 0.741. The van der Waals surface area contributed by atoms with Crippen molar-refractivity contribution < 1.29 is 9.53 Å². The van der Waals surface area contributed by atoms with Crippen molar-refractivity contribution in [1.29, 1.82) is 0 Å². The second-order valence-electron chi connectivity index (χ2n) is 3.93. The van der Waals surface area contributed by atoms with E-state index >= 15 is 0 Å². The number of fused-ring (bicyclic) bond motifs is 1. The number of rotatable bonds is 1. The van der Waals surface area contributed by atoms with Gasteiger partial charge in [-0.3, -0.25) is 0 Å². The Kier molecular flexibility index (Phi) is 3.19. The molecule has 0 saturated heterocycles. The summed E-state index contributed by atoms with van der Waals surface area (Å²) in [5.41, 5.74) is 2.38. The van der Waals surface area contributed by atoms with Crippen LogP contribution in [-0.4, -0.2) is 26.2 Å². The molecule has 0 fully saturated rings. The Morgan fingerprint density at radius 1 is 1.56 bits per heavy atom. The molecule has 0 bridgehead atoms. The molecule has 16 heavy (non-hydrogen) atoms. The predicted molar refractivity (Wildman–Crippen MR) is 66.7 cm³/mol. The van der Waals surface area contributed by atoms with Crippen LogP contribution in [0, 0.1) is 0 Å². The molecule has 1 aliphatic heterocycles. The van der Waals surface area contributed by atoms with Gasteiger partial charge in [0.15, 0.2) is 0 Å². The number of hydrogen-bond donors (Lipinski definition) is 0. The van der Waals surface area contributed by atoms with E-state index < -0.39 is 0 Å². The Hall–Kier alpha value is -1.03. The van der Waals surface area contributed by atoms with Crippen LogP contribution in [0.4, 0.5) is 5.69 Å². The molecule has 2 rings (SSSR count). The third-order valence-electron chi connectivity index (χ3n) is 3.08. The fraction of sp³-hybridized carbons (Fsp3) is 0.417. The molecule has 86 valence electrons. The molecule has 0 saturated carbocycles. The first-order valence-electron chi connectivity index (χ1n) is 5.23. The number of carbonyl (C=O) groups is 1. The molecule has 1 aromatic carbocycles. The maximum atomic E-state index is 11.6. The summed E-state index contributed by atoms with van der Waals surface area (Å²) in [5, 5.41) is 0. The molecule has 0 N–H and O–H groups in total. The lowest BCUT2D eigenvalue weighted by Gasteiger charge is -2.34. The van der Waals surface area contributed by atoms with Gasteiger partial charge in [0.2, 0.25) is 0 Å². The molecule has 1 atom stereocenters. The highest BCUT2D eigenvalue weighted by Gasteiger charge is 2.30. The summed E-state index contributed by atoms with van der Waals surface area (Å²) in [6.07, 6.45) is 1.71. The average Bonchev–Trinajstić information content (AvgIpc) is 2.30. The minimum absolute atomic E-state index is 0.159. The predicted octanol–water partition coefficient (Wildman–Crippen LogP) is 2.37. The van der Waals surface area contributed by atoms with Crippen LogP contribution in [0.3, 0.4) is 0 Å². The molecular formula is C12H14BrNO2. The monoisotopic (exact) mass is 283 g/mol. The van der Waals surface area contributed by atoms with Crippen LogP contribution in [-0.2, 0) is 16.0 Å². The van der Waals surface area contributed by atoms with E-state index in [0.29, 0.717) is 0 Å². The molecule has 0 radical (unpaired) electrons. The molecule has 1 unspecified atom stereocenters. The molecule has 0 aliphatic carbocycles. The van der Waals surface area contributed by atoms with Gasteiger partial charge in [0.1, 0.15) is 6.04 Å². The van der Waals surface area contributed by atoms with Gasteiger partial charge in [-0.1, -0.05) is 22.0 Å². The molecule has 0 amide bonds. The number of methoxy groups -OCH3 is 1. The van der Waals surface area contributed by atoms with Gasteiger partial charge in [-0.05, 0) is 30.5 Å². The Morgan fingerprint density at radius 3 is 3.00 bits per heavy atom. The molecule has 0 aromatic heterocycles. The number of ether oxygens (including phenoxy) is 1. The van der Waals surface area contributed by atoms with Gasteiger partial charge in [0.05, 0.1) is 7.11 Å². The van der Waals surface area contributed by atoms with E-state index in [2.05, 4.69) is 15.9 Å². The first kappa shape index (κ1) is 11.5. The van der Waals surface area contributed by atoms with Crippen LogP contribution in [0.2, 0.25) is 0 Å². The van der Waals surface area contributed by atoms with Crippen molar-refractivity contribution in [3.8, 4) is 0 Å². The zero-order valence-corrected chi connectivity index (χ0v) is 11.0. The zero-order chi connectivity index (χ0) is 11.7. The smallest absolute Gasteiger partial charge is 0.328 e. The molecule has 1 aliphatic rings. The van der Waals surface area contributed by atoms with E-state index in [1.807, 2.05) is 30.1 Å². The number of hydrogen-bond acceptors (Lipinski definition) is 3. The Morgan fingerprint density at radius 2 is 2.31 bits per heavy atom. The number of halogens is 1. The van der Waals surface area contributed by atoms with Crippen molar-refractivity contribution in [2.75, 3.05) is 19.1 Å². The van der Waals surface area contributed by atoms with Crippen molar-refractivity contribution in [2.24, 2.45) is 0 Å². The summed E-state index contributed by atoms with van der Waals surface area (Å²) in [5.74, 6) is -0.159. The topological polar surface area (TPSA) is 29.5 Å². The average molecular weight is 284 g/mol. The number of carbonyl (C=O) groups excluding carboxylic acids is 1. The Bertz CT molecular complexity index is 419. The molecule has 4 heteroatoms. The third-order valence-corrected chi connectivity index (χ3v) is 3.83. The number of likely N-dealkylation sites (N-methyl/N-ethyl adjacent to an activating group) is 1. The van der Waals surface area contributed by atoms with Crippen molar-refractivity contribution >= 4 is 27.6 Å². The summed E-state index contributed by atoms with van der Waals surface area (Å²) >= 11 is 3.54. The van der Waals surface area contributed by atoms with E-state index in [-0.39, 0.29) is 12.0 Å². The van der Waals surface area contributed by atoms with Gasteiger partial charge in [0.25, 0.3) is 0 Å². The molecular weight excluding hydrogens is 270 g/mol. The van der Waals surface area contributed by atoms with Crippen molar-refractivity contribution in [3.63, 3.8) is 0 Å². The summed E-state index contributed by atoms with van der Waals surface area (Å²) in [4.78, 5) is 13.6. The summed E-state index contributed by atoms with van der Waals surface area (Å²) < 4.78 is 5.92. The lowest BCUT2D eigenvalue weighted by atomic mass is 9.96. The van der Waals surface area contributed by atoms with E-state index in [4.69, 9.17) is 4.74 Å². The minimum Gasteiger partial charge on any atom is -0.467 e. The second kappa shape index (κ2) is 4.45. The molecule has 3 nitrogen and oxygen atoms in total. The highest BCUT2D eigenvalue weighted by molar-refractivity contribution is 9.10.